The summed E-state index contributed by atoms with van der Waals surface area (Å²) in [6, 6.07) is 4.92. The molecule has 110 valence electrons. The van der Waals surface area contributed by atoms with Gasteiger partial charge in [0, 0.05) is 19.3 Å². The summed E-state index contributed by atoms with van der Waals surface area (Å²) in [6.07, 6.45) is 2.09. The van der Waals surface area contributed by atoms with Crippen molar-refractivity contribution in [2.45, 2.75) is 19.4 Å². The van der Waals surface area contributed by atoms with E-state index in [-0.39, 0.29) is 17.6 Å². The minimum Gasteiger partial charge on any atom is -0.477 e. The zero-order valence-corrected chi connectivity index (χ0v) is 12.6. The summed E-state index contributed by atoms with van der Waals surface area (Å²) in [6.45, 7) is 1.98. The van der Waals surface area contributed by atoms with Crippen LogP contribution in [0.3, 0.4) is 0 Å². The molecule has 2 heterocycles. The van der Waals surface area contributed by atoms with E-state index in [2.05, 4.69) is 10.4 Å². The van der Waals surface area contributed by atoms with Crippen LogP contribution in [0.2, 0.25) is 0 Å². The number of pyridine rings is 1. The molecule has 6 heteroatoms. The molecule has 0 saturated carbocycles. The number of carbonyl (C=O) groups excluding carboxylic acids is 1. The molecule has 0 aromatic carbocycles. The van der Waals surface area contributed by atoms with Crippen LogP contribution in [0.25, 0.3) is 0 Å². The Hall–Kier alpha value is -2.21. The third-order valence-corrected chi connectivity index (χ3v) is 4.05. The van der Waals surface area contributed by atoms with Crippen molar-refractivity contribution >= 4 is 23.2 Å². The van der Waals surface area contributed by atoms with E-state index in [0.717, 1.165) is 6.42 Å². The number of carbonyl (C=O) groups is 2. The molecular weight excluding hydrogens is 288 g/mol. The number of aromatic nitrogens is 1. The van der Waals surface area contributed by atoms with Crippen molar-refractivity contribution in [1.82, 2.24) is 9.88 Å². The van der Waals surface area contributed by atoms with Crippen molar-refractivity contribution in [2.75, 3.05) is 7.05 Å². The molecule has 1 amide bonds. The molecule has 0 bridgehead atoms. The van der Waals surface area contributed by atoms with Crippen molar-refractivity contribution in [3.63, 3.8) is 0 Å². The van der Waals surface area contributed by atoms with E-state index in [1.807, 2.05) is 18.4 Å². The third kappa shape index (κ3) is 3.66. The van der Waals surface area contributed by atoms with Crippen LogP contribution >= 0.6 is 11.3 Å². The molecule has 2 aromatic heterocycles. The normalized spacial score (nSPS) is 11.9. The van der Waals surface area contributed by atoms with Gasteiger partial charge in [0.2, 0.25) is 0 Å². The fraction of sp³-hybridized carbons (Fsp3) is 0.267. The van der Waals surface area contributed by atoms with Crippen LogP contribution in [-0.2, 0) is 6.42 Å². The monoisotopic (exact) mass is 304 g/mol. The summed E-state index contributed by atoms with van der Waals surface area (Å²) in [4.78, 5) is 28.5. The Balaban J connectivity index is 2.05. The van der Waals surface area contributed by atoms with Gasteiger partial charge in [0.1, 0.15) is 5.69 Å². The van der Waals surface area contributed by atoms with Gasteiger partial charge in [0.25, 0.3) is 5.91 Å². The van der Waals surface area contributed by atoms with Crippen molar-refractivity contribution in [3.05, 3.63) is 52.0 Å². The summed E-state index contributed by atoms with van der Waals surface area (Å²) in [5.74, 6) is -1.27. The van der Waals surface area contributed by atoms with E-state index < -0.39 is 5.97 Å². The van der Waals surface area contributed by atoms with Gasteiger partial charge in [-0.3, -0.25) is 4.79 Å². The second-order valence-electron chi connectivity index (χ2n) is 4.84. The standard InChI is InChI=1S/C15H16N2O3S/c1-10(7-11-5-6-21-9-11)17(2)14(18)12-3-4-13(15(19)20)16-8-12/h3-6,8-10H,7H2,1-2H3,(H,19,20)/t10-/m0/s1. The minimum atomic E-state index is -1.10. The maximum absolute atomic E-state index is 12.3. The molecule has 1 atom stereocenters. The molecule has 0 fully saturated rings. The number of aromatic carboxylic acids is 1. The molecular formula is C15H16N2O3S. The third-order valence-electron chi connectivity index (χ3n) is 3.32. The molecule has 0 aliphatic rings. The largest absolute Gasteiger partial charge is 0.477 e. The van der Waals surface area contributed by atoms with Crippen LogP contribution < -0.4 is 0 Å². The average Bonchev–Trinajstić information content (AvgIpc) is 2.98. The number of rotatable bonds is 5. The van der Waals surface area contributed by atoms with Gasteiger partial charge >= 0.3 is 5.97 Å². The van der Waals surface area contributed by atoms with Crippen molar-refractivity contribution in [1.29, 1.82) is 0 Å². The van der Waals surface area contributed by atoms with E-state index in [0.29, 0.717) is 5.56 Å². The first-order valence-electron chi connectivity index (χ1n) is 6.46. The molecule has 0 saturated heterocycles. The van der Waals surface area contributed by atoms with Gasteiger partial charge in [-0.15, -0.1) is 0 Å². The maximum Gasteiger partial charge on any atom is 0.354 e. The fourth-order valence-electron chi connectivity index (χ4n) is 1.94. The first-order chi connectivity index (χ1) is 9.99. The highest BCUT2D eigenvalue weighted by atomic mass is 32.1. The summed E-state index contributed by atoms with van der Waals surface area (Å²) < 4.78 is 0. The summed E-state index contributed by atoms with van der Waals surface area (Å²) >= 11 is 1.63. The van der Waals surface area contributed by atoms with Crippen molar-refractivity contribution in [3.8, 4) is 0 Å². The van der Waals surface area contributed by atoms with Crippen LogP contribution in [0.4, 0.5) is 0 Å². The molecule has 21 heavy (non-hydrogen) atoms. The number of amides is 1. The van der Waals surface area contributed by atoms with Gasteiger partial charge in [0.05, 0.1) is 5.56 Å². The molecule has 1 N–H and O–H groups in total. The van der Waals surface area contributed by atoms with Crippen LogP contribution in [-0.4, -0.2) is 40.0 Å². The number of hydrogen-bond donors (Lipinski definition) is 1. The van der Waals surface area contributed by atoms with E-state index >= 15 is 0 Å². The highest BCUT2D eigenvalue weighted by Gasteiger charge is 2.18. The molecule has 2 aromatic rings. The van der Waals surface area contributed by atoms with E-state index in [1.165, 1.54) is 23.9 Å². The molecule has 0 radical (unpaired) electrons. The summed E-state index contributed by atoms with van der Waals surface area (Å²) in [7, 11) is 1.74. The quantitative estimate of drug-likeness (QED) is 0.921. The minimum absolute atomic E-state index is 0.0475. The number of hydrogen-bond acceptors (Lipinski definition) is 4. The van der Waals surface area contributed by atoms with Gasteiger partial charge < -0.3 is 10.0 Å². The lowest BCUT2D eigenvalue weighted by atomic mass is 10.1. The van der Waals surface area contributed by atoms with Gasteiger partial charge in [-0.05, 0) is 47.9 Å². The van der Waals surface area contributed by atoms with E-state index in [1.54, 1.807) is 23.3 Å². The SMILES string of the molecule is C[C@@H](Cc1ccsc1)N(C)C(=O)c1ccc(C(=O)O)nc1. The molecule has 0 aliphatic carbocycles. The number of carboxylic acids is 1. The van der Waals surface area contributed by atoms with Crippen LogP contribution in [0, 0.1) is 0 Å². The maximum atomic E-state index is 12.3. The van der Waals surface area contributed by atoms with Gasteiger partial charge in [-0.1, -0.05) is 0 Å². The van der Waals surface area contributed by atoms with Crippen molar-refractivity contribution in [2.24, 2.45) is 0 Å². The fourth-order valence-corrected chi connectivity index (χ4v) is 2.62. The van der Waals surface area contributed by atoms with Gasteiger partial charge in [-0.2, -0.15) is 11.3 Å². The average molecular weight is 304 g/mol. The zero-order chi connectivity index (χ0) is 15.4. The van der Waals surface area contributed by atoms with E-state index in [4.69, 9.17) is 5.11 Å². The van der Waals surface area contributed by atoms with Crippen molar-refractivity contribution < 1.29 is 14.7 Å². The summed E-state index contributed by atoms with van der Waals surface area (Å²) in [5.41, 5.74) is 1.52. The zero-order valence-electron chi connectivity index (χ0n) is 11.8. The Morgan fingerprint density at radius 2 is 2.14 bits per heavy atom. The lowest BCUT2D eigenvalue weighted by Crippen LogP contribution is -2.36. The smallest absolute Gasteiger partial charge is 0.354 e. The second-order valence-corrected chi connectivity index (χ2v) is 5.62. The second kappa shape index (κ2) is 6.49. The molecule has 2 rings (SSSR count). The Labute approximate surface area is 126 Å². The lowest BCUT2D eigenvalue weighted by Gasteiger charge is -2.24. The Bertz CT molecular complexity index is 623. The van der Waals surface area contributed by atoms with Crippen LogP contribution in [0.15, 0.2) is 35.2 Å². The Morgan fingerprint density at radius 1 is 1.38 bits per heavy atom. The highest BCUT2D eigenvalue weighted by molar-refractivity contribution is 7.07. The topological polar surface area (TPSA) is 70.5 Å². The Kier molecular flexibility index (Phi) is 4.70. The molecule has 5 nitrogen and oxygen atoms in total. The van der Waals surface area contributed by atoms with Gasteiger partial charge in [-0.25, -0.2) is 9.78 Å². The Morgan fingerprint density at radius 3 is 2.67 bits per heavy atom. The molecule has 0 unspecified atom stereocenters. The van der Waals surface area contributed by atoms with E-state index in [9.17, 15) is 9.59 Å². The van der Waals surface area contributed by atoms with Crippen LogP contribution in [0.5, 0.6) is 0 Å². The number of likely N-dealkylation sites (N-methyl/N-ethyl adjacent to an activating group) is 1. The predicted molar refractivity (Wildman–Crippen MR) is 80.8 cm³/mol. The first-order valence-corrected chi connectivity index (χ1v) is 7.41. The number of nitrogens with zero attached hydrogens (tertiary/aromatic N) is 2. The summed E-state index contributed by atoms with van der Waals surface area (Å²) in [5, 5.41) is 12.9. The molecule has 0 spiro atoms. The first kappa shape index (κ1) is 15.2. The molecule has 0 aliphatic heterocycles. The van der Waals surface area contributed by atoms with Crippen LogP contribution in [0.1, 0.15) is 33.3 Å². The highest BCUT2D eigenvalue weighted by Crippen LogP contribution is 2.13. The lowest BCUT2D eigenvalue weighted by molar-refractivity contribution is 0.0686. The number of thiophene rings is 1. The number of carboxylic acid groups (broad SMARTS) is 1. The van der Waals surface area contributed by atoms with Gasteiger partial charge in [0.15, 0.2) is 0 Å². The predicted octanol–water partition coefficient (Wildman–Crippen LogP) is 2.54.